The van der Waals surface area contributed by atoms with E-state index < -0.39 is 5.97 Å². The summed E-state index contributed by atoms with van der Waals surface area (Å²) in [6, 6.07) is 12.1. The highest BCUT2D eigenvalue weighted by molar-refractivity contribution is 5.94. The second kappa shape index (κ2) is 9.76. The molecule has 4 rings (SSSR count). The highest BCUT2D eigenvalue weighted by Gasteiger charge is 2.32. The van der Waals surface area contributed by atoms with E-state index in [2.05, 4.69) is 31.0 Å². The van der Waals surface area contributed by atoms with Gasteiger partial charge in [0.05, 0.1) is 17.0 Å². The average Bonchev–Trinajstić information content (AvgIpc) is 2.79. The molecule has 1 aliphatic heterocycles. The van der Waals surface area contributed by atoms with Crippen LogP contribution in [-0.4, -0.2) is 24.2 Å². The maximum Gasteiger partial charge on any atom is 0.337 e. The zero-order valence-electron chi connectivity index (χ0n) is 21.4. The van der Waals surface area contributed by atoms with Crippen LogP contribution in [-0.2, 0) is 0 Å². The molecule has 35 heavy (non-hydrogen) atoms. The molecule has 6 heteroatoms. The molecule has 0 amide bonds. The molecule has 3 aromatic rings. The van der Waals surface area contributed by atoms with Crippen LogP contribution in [0.5, 0.6) is 0 Å². The Morgan fingerprint density at radius 1 is 1.14 bits per heavy atom. The predicted molar refractivity (Wildman–Crippen MR) is 142 cm³/mol. The molecule has 1 saturated heterocycles. The zero-order chi connectivity index (χ0) is 25.3. The molecule has 1 atom stereocenters. The molecule has 2 N–H and O–H groups in total. The smallest absolute Gasteiger partial charge is 0.337 e. The van der Waals surface area contributed by atoms with Crippen LogP contribution in [0.15, 0.2) is 51.7 Å². The number of nitrogens with one attached hydrogen (secondary N) is 1. The maximum absolute atomic E-state index is 13.2. The van der Waals surface area contributed by atoms with Crippen LogP contribution < -0.4 is 15.6 Å². The second-order valence-corrected chi connectivity index (χ2v) is 10.8. The normalized spacial score (nSPS) is 16.5. The van der Waals surface area contributed by atoms with Crippen LogP contribution in [0, 0.1) is 18.3 Å². The van der Waals surface area contributed by atoms with Gasteiger partial charge in [-0.2, -0.15) is 0 Å². The molecule has 0 aliphatic carbocycles. The lowest BCUT2D eigenvalue weighted by atomic mass is 9.74. The third kappa shape index (κ3) is 5.37. The van der Waals surface area contributed by atoms with Crippen LogP contribution in [0.3, 0.4) is 0 Å². The van der Waals surface area contributed by atoms with Crippen LogP contribution in [0.2, 0.25) is 0 Å². The Labute approximate surface area is 207 Å². The van der Waals surface area contributed by atoms with E-state index in [1.165, 1.54) is 6.42 Å². The number of carboxylic acid groups (broad SMARTS) is 1. The molecule has 0 radical (unpaired) electrons. The first-order valence-electron chi connectivity index (χ1n) is 12.5. The van der Waals surface area contributed by atoms with Gasteiger partial charge in [0.2, 0.25) is 0 Å². The lowest BCUT2D eigenvalue weighted by molar-refractivity contribution is 0.0698. The summed E-state index contributed by atoms with van der Waals surface area (Å²) in [4.78, 5) is 27.0. The molecule has 0 spiro atoms. The third-order valence-electron chi connectivity index (χ3n) is 7.17. The number of benzene rings is 2. The molecule has 0 saturated carbocycles. The Bertz CT molecular complexity index is 1290. The first-order valence-corrected chi connectivity index (χ1v) is 12.5. The van der Waals surface area contributed by atoms with Gasteiger partial charge in [-0.25, -0.2) is 4.79 Å². The summed E-state index contributed by atoms with van der Waals surface area (Å²) in [6.45, 7) is 12.5. The number of carboxylic acids is 1. The number of aromatic carboxylic acids is 1. The predicted octanol–water partition coefficient (Wildman–Crippen LogP) is 6.63. The molecule has 1 fully saturated rings. The summed E-state index contributed by atoms with van der Waals surface area (Å²) in [7, 11) is 0. The molecule has 2 aromatic carbocycles. The highest BCUT2D eigenvalue weighted by atomic mass is 16.4. The average molecular weight is 477 g/mol. The van der Waals surface area contributed by atoms with Crippen LogP contribution in [0.25, 0.3) is 11.0 Å². The number of hydrogen-bond acceptors (Lipinski definition) is 5. The van der Waals surface area contributed by atoms with Crippen molar-refractivity contribution in [2.45, 2.75) is 59.9 Å². The molecular weight excluding hydrogens is 440 g/mol. The summed E-state index contributed by atoms with van der Waals surface area (Å²) < 4.78 is 6.42. The van der Waals surface area contributed by atoms with E-state index in [9.17, 15) is 14.7 Å². The van der Waals surface area contributed by atoms with E-state index >= 15 is 0 Å². The van der Waals surface area contributed by atoms with Crippen molar-refractivity contribution in [3.8, 4) is 0 Å². The topological polar surface area (TPSA) is 82.8 Å². The SMILES string of the molecule is Cc1cc(C(C)Nc2ccccc2C(=O)O)c2oc(N3CCC(C)(CC(C)C)CC3)cc(=O)c2c1. The number of fused-ring (bicyclic) bond motifs is 1. The number of nitrogens with zero attached hydrogens (tertiary/aromatic N) is 1. The Hall–Kier alpha value is -3.28. The van der Waals surface area contributed by atoms with E-state index in [0.717, 1.165) is 37.1 Å². The lowest BCUT2D eigenvalue weighted by Gasteiger charge is -2.40. The quantitative estimate of drug-likeness (QED) is 0.398. The molecular formula is C29H36N2O4. The maximum atomic E-state index is 13.2. The van der Waals surface area contributed by atoms with Crippen molar-refractivity contribution < 1.29 is 14.3 Å². The number of para-hydroxylation sites is 1. The summed E-state index contributed by atoms with van der Waals surface area (Å²) in [5.41, 5.74) is 3.34. The van der Waals surface area contributed by atoms with Crippen molar-refractivity contribution in [2.24, 2.45) is 11.3 Å². The van der Waals surface area contributed by atoms with Crippen molar-refractivity contribution >= 4 is 28.5 Å². The van der Waals surface area contributed by atoms with E-state index in [1.807, 2.05) is 26.0 Å². The molecule has 6 nitrogen and oxygen atoms in total. The zero-order valence-corrected chi connectivity index (χ0v) is 21.4. The fourth-order valence-electron chi connectivity index (χ4n) is 5.46. The van der Waals surface area contributed by atoms with Gasteiger partial charge in [-0.3, -0.25) is 4.79 Å². The van der Waals surface area contributed by atoms with Crippen LogP contribution >= 0.6 is 0 Å². The number of hydrogen-bond donors (Lipinski definition) is 2. The number of rotatable bonds is 7. The van der Waals surface area contributed by atoms with Gasteiger partial charge in [0.25, 0.3) is 0 Å². The van der Waals surface area contributed by atoms with Gasteiger partial charge in [-0.15, -0.1) is 0 Å². The fraction of sp³-hybridized carbons (Fsp3) is 0.448. The van der Waals surface area contributed by atoms with E-state index in [-0.39, 0.29) is 17.0 Å². The van der Waals surface area contributed by atoms with Crippen molar-refractivity contribution in [1.82, 2.24) is 0 Å². The number of anilines is 2. The lowest BCUT2D eigenvalue weighted by Crippen LogP contribution is -2.39. The van der Waals surface area contributed by atoms with Crippen molar-refractivity contribution in [3.05, 3.63) is 69.4 Å². The fourth-order valence-corrected chi connectivity index (χ4v) is 5.46. The number of aryl methyl sites for hydroxylation is 1. The Kier molecular flexibility index (Phi) is 6.93. The minimum absolute atomic E-state index is 0.0557. The molecule has 1 aliphatic rings. The van der Waals surface area contributed by atoms with Gasteiger partial charge >= 0.3 is 5.97 Å². The van der Waals surface area contributed by atoms with E-state index in [4.69, 9.17) is 4.42 Å². The Morgan fingerprint density at radius 3 is 2.49 bits per heavy atom. The minimum atomic E-state index is -0.988. The Balaban J connectivity index is 1.68. The first-order chi connectivity index (χ1) is 16.6. The third-order valence-corrected chi connectivity index (χ3v) is 7.17. The Morgan fingerprint density at radius 2 is 1.83 bits per heavy atom. The van der Waals surface area contributed by atoms with Crippen molar-refractivity contribution in [3.63, 3.8) is 0 Å². The van der Waals surface area contributed by atoms with Crippen molar-refractivity contribution in [2.75, 3.05) is 23.3 Å². The standard InChI is InChI=1S/C29H36N2O4/c1-18(2)17-29(5)10-12-31(13-11-29)26-16-25(32)23-15-19(3)14-22(27(23)35-26)20(4)30-24-9-7-6-8-21(24)28(33)34/h6-9,14-16,18,20,30H,10-13,17H2,1-5H3,(H,33,34). The molecule has 2 heterocycles. The summed E-state index contributed by atoms with van der Waals surface area (Å²) >= 11 is 0. The van der Waals surface area contributed by atoms with Gasteiger partial charge < -0.3 is 19.7 Å². The summed E-state index contributed by atoms with van der Waals surface area (Å²) in [5, 5.41) is 13.4. The second-order valence-electron chi connectivity index (χ2n) is 10.8. The van der Waals surface area contributed by atoms with Gasteiger partial charge in [0.15, 0.2) is 11.3 Å². The van der Waals surface area contributed by atoms with Gasteiger partial charge in [-0.05, 0) is 68.2 Å². The molecule has 0 bridgehead atoms. The van der Waals surface area contributed by atoms with E-state index in [0.29, 0.717) is 33.9 Å². The molecule has 186 valence electrons. The minimum Gasteiger partial charge on any atom is -0.478 e. The first kappa shape index (κ1) is 24.8. The molecule has 1 aromatic heterocycles. The van der Waals surface area contributed by atoms with Crippen LogP contribution in [0.1, 0.15) is 74.5 Å². The van der Waals surface area contributed by atoms with Gasteiger partial charge in [0.1, 0.15) is 5.58 Å². The molecule has 1 unspecified atom stereocenters. The number of carbonyl (C=O) groups is 1. The van der Waals surface area contributed by atoms with Crippen molar-refractivity contribution in [1.29, 1.82) is 0 Å². The highest BCUT2D eigenvalue weighted by Crippen LogP contribution is 2.39. The largest absolute Gasteiger partial charge is 0.478 e. The van der Waals surface area contributed by atoms with Crippen LogP contribution in [0.4, 0.5) is 11.6 Å². The number of piperidine rings is 1. The van der Waals surface area contributed by atoms with E-state index in [1.54, 1.807) is 30.3 Å². The van der Waals surface area contributed by atoms with Gasteiger partial charge in [-0.1, -0.05) is 39.0 Å². The summed E-state index contributed by atoms with van der Waals surface area (Å²) in [6.07, 6.45) is 3.34. The van der Waals surface area contributed by atoms with Gasteiger partial charge in [0, 0.05) is 30.4 Å². The summed E-state index contributed by atoms with van der Waals surface area (Å²) in [5.74, 6) is 0.284. The monoisotopic (exact) mass is 476 g/mol.